The predicted octanol–water partition coefficient (Wildman–Crippen LogP) is 3.29. The minimum atomic E-state index is 0.705. The van der Waals surface area contributed by atoms with Gasteiger partial charge in [0.1, 0.15) is 5.75 Å². The van der Waals surface area contributed by atoms with Gasteiger partial charge in [-0.15, -0.1) is 0 Å². The first-order valence-electron chi connectivity index (χ1n) is 7.10. The lowest BCUT2D eigenvalue weighted by Crippen LogP contribution is -2.21. The van der Waals surface area contributed by atoms with Crippen molar-refractivity contribution < 1.29 is 4.74 Å². The highest BCUT2D eigenvalue weighted by molar-refractivity contribution is 5.46. The SMILES string of the molecule is CCOc1ccc(NCCNCc2ccccc2)cc1. The van der Waals surface area contributed by atoms with Crippen LogP contribution in [-0.2, 0) is 6.54 Å². The highest BCUT2D eigenvalue weighted by Gasteiger charge is 1.94. The highest BCUT2D eigenvalue weighted by Crippen LogP contribution is 2.15. The van der Waals surface area contributed by atoms with E-state index in [1.807, 2.05) is 37.3 Å². The van der Waals surface area contributed by atoms with Crippen molar-refractivity contribution in [2.45, 2.75) is 13.5 Å². The molecule has 0 aliphatic carbocycles. The summed E-state index contributed by atoms with van der Waals surface area (Å²) in [7, 11) is 0. The molecule has 0 aliphatic heterocycles. The summed E-state index contributed by atoms with van der Waals surface area (Å²) >= 11 is 0. The molecule has 0 radical (unpaired) electrons. The normalized spacial score (nSPS) is 10.2. The maximum atomic E-state index is 5.41. The van der Waals surface area contributed by atoms with Crippen LogP contribution < -0.4 is 15.4 Å². The lowest BCUT2D eigenvalue weighted by atomic mass is 10.2. The topological polar surface area (TPSA) is 33.3 Å². The molecule has 0 unspecified atom stereocenters. The van der Waals surface area contributed by atoms with Crippen LogP contribution in [0.3, 0.4) is 0 Å². The van der Waals surface area contributed by atoms with Crippen LogP contribution in [0.15, 0.2) is 54.6 Å². The second-order valence-electron chi connectivity index (χ2n) is 4.55. The third-order valence-corrected chi connectivity index (χ3v) is 2.97. The summed E-state index contributed by atoms with van der Waals surface area (Å²) in [4.78, 5) is 0. The lowest BCUT2D eigenvalue weighted by molar-refractivity contribution is 0.340. The molecule has 0 bridgehead atoms. The number of hydrogen-bond acceptors (Lipinski definition) is 3. The molecular formula is C17H22N2O. The minimum absolute atomic E-state index is 0.705. The van der Waals surface area contributed by atoms with Crippen molar-refractivity contribution in [2.24, 2.45) is 0 Å². The summed E-state index contributed by atoms with van der Waals surface area (Å²) in [6.45, 7) is 5.44. The first kappa shape index (κ1) is 14.4. The first-order chi connectivity index (χ1) is 9.88. The quantitative estimate of drug-likeness (QED) is 0.722. The van der Waals surface area contributed by atoms with E-state index in [-0.39, 0.29) is 0 Å². The molecule has 0 spiro atoms. The Morgan fingerprint density at radius 3 is 2.35 bits per heavy atom. The van der Waals surface area contributed by atoms with Crippen molar-refractivity contribution in [2.75, 3.05) is 25.0 Å². The van der Waals surface area contributed by atoms with Crippen LogP contribution >= 0.6 is 0 Å². The molecule has 20 heavy (non-hydrogen) atoms. The molecule has 0 fully saturated rings. The van der Waals surface area contributed by atoms with Gasteiger partial charge in [0.2, 0.25) is 0 Å². The van der Waals surface area contributed by atoms with E-state index in [4.69, 9.17) is 4.74 Å². The Bertz CT molecular complexity index is 482. The zero-order valence-corrected chi connectivity index (χ0v) is 11.9. The van der Waals surface area contributed by atoms with Crippen molar-refractivity contribution in [3.8, 4) is 5.75 Å². The van der Waals surface area contributed by atoms with Crippen molar-refractivity contribution in [1.82, 2.24) is 5.32 Å². The van der Waals surface area contributed by atoms with Crippen LogP contribution in [0.4, 0.5) is 5.69 Å². The van der Waals surface area contributed by atoms with E-state index in [0.29, 0.717) is 6.61 Å². The molecule has 0 amide bonds. The second-order valence-corrected chi connectivity index (χ2v) is 4.55. The van der Waals surface area contributed by atoms with Gasteiger partial charge >= 0.3 is 0 Å². The molecule has 0 saturated carbocycles. The van der Waals surface area contributed by atoms with Gasteiger partial charge in [-0.05, 0) is 36.8 Å². The van der Waals surface area contributed by atoms with Crippen molar-refractivity contribution in [1.29, 1.82) is 0 Å². The van der Waals surface area contributed by atoms with E-state index in [0.717, 1.165) is 31.1 Å². The largest absolute Gasteiger partial charge is 0.494 e. The van der Waals surface area contributed by atoms with Gasteiger partial charge in [-0.3, -0.25) is 0 Å². The van der Waals surface area contributed by atoms with Crippen LogP contribution in [0, 0.1) is 0 Å². The molecule has 2 aromatic carbocycles. The average molecular weight is 270 g/mol. The van der Waals surface area contributed by atoms with E-state index < -0.39 is 0 Å². The average Bonchev–Trinajstić information content (AvgIpc) is 2.50. The zero-order valence-electron chi connectivity index (χ0n) is 11.9. The molecule has 106 valence electrons. The summed E-state index contributed by atoms with van der Waals surface area (Å²) in [6.07, 6.45) is 0. The van der Waals surface area contributed by atoms with Crippen molar-refractivity contribution >= 4 is 5.69 Å². The number of hydrogen-bond donors (Lipinski definition) is 2. The second kappa shape index (κ2) is 8.23. The third-order valence-electron chi connectivity index (χ3n) is 2.97. The Hall–Kier alpha value is -2.00. The van der Waals surface area contributed by atoms with E-state index in [1.54, 1.807) is 0 Å². The molecular weight excluding hydrogens is 248 g/mol. The molecule has 2 aromatic rings. The van der Waals surface area contributed by atoms with Crippen LogP contribution in [0.25, 0.3) is 0 Å². The van der Waals surface area contributed by atoms with Gasteiger partial charge in [-0.2, -0.15) is 0 Å². The fourth-order valence-electron chi connectivity index (χ4n) is 1.96. The maximum absolute atomic E-state index is 5.41. The van der Waals surface area contributed by atoms with Gasteiger partial charge in [-0.1, -0.05) is 30.3 Å². The Morgan fingerprint density at radius 2 is 1.65 bits per heavy atom. The molecule has 0 atom stereocenters. The highest BCUT2D eigenvalue weighted by atomic mass is 16.5. The standard InChI is InChI=1S/C17H22N2O/c1-2-20-17-10-8-16(9-11-17)19-13-12-18-14-15-6-4-3-5-7-15/h3-11,18-19H,2,12-14H2,1H3. The van der Waals surface area contributed by atoms with E-state index in [9.17, 15) is 0 Å². The molecule has 0 saturated heterocycles. The van der Waals surface area contributed by atoms with Crippen LogP contribution in [0.2, 0.25) is 0 Å². The number of nitrogens with one attached hydrogen (secondary N) is 2. The molecule has 3 heteroatoms. The summed E-state index contributed by atoms with van der Waals surface area (Å²) in [6, 6.07) is 18.5. The number of benzene rings is 2. The molecule has 2 N–H and O–H groups in total. The van der Waals surface area contributed by atoms with Crippen LogP contribution in [0.1, 0.15) is 12.5 Å². The predicted molar refractivity (Wildman–Crippen MR) is 84.2 cm³/mol. The summed E-state index contributed by atoms with van der Waals surface area (Å²) < 4.78 is 5.41. The van der Waals surface area contributed by atoms with E-state index in [1.165, 1.54) is 5.56 Å². The van der Waals surface area contributed by atoms with Crippen molar-refractivity contribution in [3.05, 3.63) is 60.2 Å². The van der Waals surface area contributed by atoms with Gasteiger partial charge in [-0.25, -0.2) is 0 Å². The number of rotatable bonds is 8. The number of ether oxygens (including phenoxy) is 1. The Balaban J connectivity index is 1.63. The summed E-state index contributed by atoms with van der Waals surface area (Å²) in [5.74, 6) is 0.917. The summed E-state index contributed by atoms with van der Waals surface area (Å²) in [5, 5.41) is 6.80. The minimum Gasteiger partial charge on any atom is -0.494 e. The van der Waals surface area contributed by atoms with Gasteiger partial charge in [0.15, 0.2) is 0 Å². The lowest BCUT2D eigenvalue weighted by Gasteiger charge is -2.09. The Morgan fingerprint density at radius 1 is 0.900 bits per heavy atom. The summed E-state index contributed by atoms with van der Waals surface area (Å²) in [5.41, 5.74) is 2.43. The van der Waals surface area contributed by atoms with Crippen LogP contribution in [-0.4, -0.2) is 19.7 Å². The van der Waals surface area contributed by atoms with Crippen LogP contribution in [0.5, 0.6) is 5.75 Å². The zero-order chi connectivity index (χ0) is 14.0. The van der Waals surface area contributed by atoms with Gasteiger partial charge in [0.05, 0.1) is 6.61 Å². The fraction of sp³-hybridized carbons (Fsp3) is 0.294. The van der Waals surface area contributed by atoms with Gasteiger partial charge < -0.3 is 15.4 Å². The molecule has 0 heterocycles. The molecule has 3 nitrogen and oxygen atoms in total. The number of anilines is 1. The Labute approximate surface area is 121 Å². The smallest absolute Gasteiger partial charge is 0.119 e. The first-order valence-corrected chi connectivity index (χ1v) is 7.10. The van der Waals surface area contributed by atoms with Gasteiger partial charge in [0.25, 0.3) is 0 Å². The van der Waals surface area contributed by atoms with E-state index in [2.05, 4.69) is 34.9 Å². The Kier molecular flexibility index (Phi) is 5.93. The molecule has 0 aliphatic rings. The maximum Gasteiger partial charge on any atom is 0.119 e. The monoisotopic (exact) mass is 270 g/mol. The van der Waals surface area contributed by atoms with Crippen molar-refractivity contribution in [3.63, 3.8) is 0 Å². The van der Waals surface area contributed by atoms with E-state index >= 15 is 0 Å². The van der Waals surface area contributed by atoms with Gasteiger partial charge in [0, 0.05) is 25.3 Å². The molecule has 2 rings (SSSR count). The molecule has 0 aromatic heterocycles. The third kappa shape index (κ3) is 4.94. The fourth-order valence-corrected chi connectivity index (χ4v) is 1.96.